The SMILES string of the molecule is Cc1cc(C)c(C2C(=O)CC(CCN3C=CC=C(Cl)C3)C2=O)c(C)c1. The molecule has 1 aliphatic carbocycles. The second-order valence-electron chi connectivity index (χ2n) is 7.23. The fraction of sp³-hybridized carbons (Fsp3) is 0.429. The van der Waals surface area contributed by atoms with Gasteiger partial charge in [-0.1, -0.05) is 29.3 Å². The summed E-state index contributed by atoms with van der Waals surface area (Å²) in [5, 5.41) is 0.792. The van der Waals surface area contributed by atoms with Crippen molar-refractivity contribution in [1.29, 1.82) is 0 Å². The number of hydrogen-bond donors (Lipinski definition) is 0. The van der Waals surface area contributed by atoms with Gasteiger partial charge in [-0.2, -0.15) is 0 Å². The summed E-state index contributed by atoms with van der Waals surface area (Å²) in [4.78, 5) is 27.7. The van der Waals surface area contributed by atoms with E-state index in [0.29, 0.717) is 19.4 Å². The zero-order valence-electron chi connectivity index (χ0n) is 15.0. The summed E-state index contributed by atoms with van der Waals surface area (Å²) < 4.78 is 0. The molecule has 2 atom stereocenters. The van der Waals surface area contributed by atoms with Crippen LogP contribution in [0.15, 0.2) is 35.5 Å². The van der Waals surface area contributed by atoms with Gasteiger partial charge in [-0.25, -0.2) is 0 Å². The van der Waals surface area contributed by atoms with Gasteiger partial charge >= 0.3 is 0 Å². The molecule has 1 fully saturated rings. The summed E-state index contributed by atoms with van der Waals surface area (Å²) in [5.74, 6) is -0.610. The Morgan fingerprint density at radius 1 is 1.16 bits per heavy atom. The van der Waals surface area contributed by atoms with E-state index in [2.05, 4.69) is 17.0 Å². The van der Waals surface area contributed by atoms with Crippen molar-refractivity contribution in [1.82, 2.24) is 4.90 Å². The molecule has 0 radical (unpaired) electrons. The number of rotatable bonds is 4. The van der Waals surface area contributed by atoms with E-state index in [1.165, 1.54) is 0 Å². The normalized spacial score (nSPS) is 23.4. The molecule has 3 nitrogen and oxygen atoms in total. The van der Waals surface area contributed by atoms with Crippen LogP contribution in [-0.2, 0) is 9.59 Å². The minimum absolute atomic E-state index is 0.0668. The standard InChI is InChI=1S/C21H24ClNO2/c1-13-9-14(2)19(15(3)10-13)20-18(24)11-16(21(20)25)6-8-23-7-4-5-17(22)12-23/h4-5,7,9-10,16,20H,6,8,11-12H2,1-3H3. The number of carbonyl (C=O) groups excluding carboxylic acids is 2. The number of halogens is 1. The van der Waals surface area contributed by atoms with Crippen LogP contribution in [0.5, 0.6) is 0 Å². The maximum atomic E-state index is 12.9. The number of aryl methyl sites for hydroxylation is 3. The van der Waals surface area contributed by atoms with Gasteiger partial charge in [-0.05, 0) is 62.2 Å². The maximum Gasteiger partial charge on any atom is 0.151 e. The van der Waals surface area contributed by atoms with Crippen molar-refractivity contribution < 1.29 is 9.59 Å². The van der Waals surface area contributed by atoms with Crippen molar-refractivity contribution in [3.05, 3.63) is 57.8 Å². The van der Waals surface area contributed by atoms with Gasteiger partial charge in [-0.3, -0.25) is 9.59 Å². The monoisotopic (exact) mass is 357 g/mol. The quantitative estimate of drug-likeness (QED) is 0.758. The van der Waals surface area contributed by atoms with Crippen LogP contribution in [0.2, 0.25) is 0 Å². The largest absolute Gasteiger partial charge is 0.372 e. The fourth-order valence-electron chi connectivity index (χ4n) is 4.09. The average molecular weight is 358 g/mol. The molecule has 1 aromatic rings. The molecule has 0 saturated heterocycles. The van der Waals surface area contributed by atoms with Gasteiger partial charge in [0.25, 0.3) is 0 Å². The molecule has 1 heterocycles. The first-order valence-corrected chi connectivity index (χ1v) is 9.15. The molecule has 1 saturated carbocycles. The first kappa shape index (κ1) is 17.9. The average Bonchev–Trinajstić information content (AvgIpc) is 2.80. The first-order chi connectivity index (χ1) is 11.9. The topological polar surface area (TPSA) is 37.4 Å². The predicted octanol–water partition coefficient (Wildman–Crippen LogP) is 4.20. The molecule has 25 heavy (non-hydrogen) atoms. The van der Waals surface area contributed by atoms with E-state index in [1.54, 1.807) is 0 Å². The molecule has 1 aromatic carbocycles. The molecule has 2 aliphatic rings. The smallest absolute Gasteiger partial charge is 0.151 e. The van der Waals surface area contributed by atoms with Gasteiger partial charge in [0.2, 0.25) is 0 Å². The Bertz CT molecular complexity index is 755. The summed E-state index contributed by atoms with van der Waals surface area (Å²) in [5.41, 5.74) is 4.17. The highest BCUT2D eigenvalue weighted by Gasteiger charge is 2.42. The van der Waals surface area contributed by atoms with Crippen LogP contribution in [0.1, 0.15) is 41.0 Å². The van der Waals surface area contributed by atoms with E-state index in [4.69, 9.17) is 11.6 Å². The van der Waals surface area contributed by atoms with Gasteiger partial charge < -0.3 is 4.90 Å². The third-order valence-electron chi connectivity index (χ3n) is 5.18. The second kappa shape index (κ2) is 7.17. The van der Waals surface area contributed by atoms with Crippen molar-refractivity contribution in [2.24, 2.45) is 5.92 Å². The van der Waals surface area contributed by atoms with Gasteiger partial charge in [0.1, 0.15) is 11.7 Å². The van der Waals surface area contributed by atoms with Gasteiger partial charge in [0.15, 0.2) is 5.78 Å². The Balaban J connectivity index is 1.73. The zero-order valence-corrected chi connectivity index (χ0v) is 15.8. The Morgan fingerprint density at radius 2 is 1.84 bits per heavy atom. The van der Waals surface area contributed by atoms with E-state index in [0.717, 1.165) is 33.8 Å². The minimum Gasteiger partial charge on any atom is -0.372 e. The molecule has 0 spiro atoms. The molecular weight excluding hydrogens is 334 g/mol. The van der Waals surface area contributed by atoms with Crippen LogP contribution < -0.4 is 0 Å². The molecule has 4 heteroatoms. The highest BCUT2D eigenvalue weighted by molar-refractivity contribution is 6.30. The van der Waals surface area contributed by atoms with E-state index < -0.39 is 5.92 Å². The summed E-state index contributed by atoms with van der Waals surface area (Å²) in [6.45, 7) is 7.44. The van der Waals surface area contributed by atoms with E-state index in [-0.39, 0.29) is 17.5 Å². The molecule has 3 rings (SSSR count). The number of Topliss-reactive ketones (excluding diaryl/α,β-unsaturated/α-hetero) is 2. The summed E-state index contributed by atoms with van der Waals surface area (Å²) >= 11 is 6.06. The Morgan fingerprint density at radius 3 is 2.48 bits per heavy atom. The number of ketones is 2. The lowest BCUT2D eigenvalue weighted by Gasteiger charge is -2.23. The minimum atomic E-state index is -0.578. The predicted molar refractivity (Wildman–Crippen MR) is 101 cm³/mol. The lowest BCUT2D eigenvalue weighted by Crippen LogP contribution is -2.25. The maximum absolute atomic E-state index is 12.9. The van der Waals surface area contributed by atoms with E-state index in [9.17, 15) is 9.59 Å². The van der Waals surface area contributed by atoms with Crippen molar-refractivity contribution in [2.75, 3.05) is 13.1 Å². The van der Waals surface area contributed by atoms with Crippen molar-refractivity contribution in [2.45, 2.75) is 39.5 Å². The van der Waals surface area contributed by atoms with Crippen LogP contribution in [0, 0.1) is 26.7 Å². The molecule has 0 aromatic heterocycles. The molecule has 0 bridgehead atoms. The van der Waals surface area contributed by atoms with Crippen LogP contribution in [-0.4, -0.2) is 29.6 Å². The van der Waals surface area contributed by atoms with Crippen LogP contribution >= 0.6 is 11.6 Å². The fourth-order valence-corrected chi connectivity index (χ4v) is 4.32. The highest BCUT2D eigenvalue weighted by Crippen LogP contribution is 2.37. The first-order valence-electron chi connectivity index (χ1n) is 8.78. The number of benzene rings is 1. The molecular formula is C21H24ClNO2. The third-order valence-corrected chi connectivity index (χ3v) is 5.42. The van der Waals surface area contributed by atoms with Crippen LogP contribution in [0.4, 0.5) is 0 Å². The molecule has 132 valence electrons. The van der Waals surface area contributed by atoms with Crippen molar-refractivity contribution in [3.8, 4) is 0 Å². The number of allylic oxidation sites excluding steroid dienone is 2. The number of carbonyl (C=O) groups is 2. The molecule has 2 unspecified atom stereocenters. The summed E-state index contributed by atoms with van der Waals surface area (Å²) in [6.07, 6.45) is 6.83. The number of nitrogens with zero attached hydrogens (tertiary/aromatic N) is 1. The Labute approximate surface area is 154 Å². The van der Waals surface area contributed by atoms with Gasteiger partial charge in [0.05, 0.1) is 6.54 Å². The molecule has 0 N–H and O–H groups in total. The second-order valence-corrected chi connectivity index (χ2v) is 7.71. The summed E-state index contributed by atoms with van der Waals surface area (Å²) in [6, 6.07) is 4.12. The van der Waals surface area contributed by atoms with Gasteiger partial charge in [0, 0.05) is 23.9 Å². The summed E-state index contributed by atoms with van der Waals surface area (Å²) in [7, 11) is 0. The highest BCUT2D eigenvalue weighted by atomic mass is 35.5. The van der Waals surface area contributed by atoms with Crippen molar-refractivity contribution in [3.63, 3.8) is 0 Å². The van der Waals surface area contributed by atoms with E-state index in [1.807, 2.05) is 39.1 Å². The molecule has 1 aliphatic heterocycles. The van der Waals surface area contributed by atoms with E-state index >= 15 is 0 Å². The van der Waals surface area contributed by atoms with Gasteiger partial charge in [-0.15, -0.1) is 0 Å². The third kappa shape index (κ3) is 3.72. The van der Waals surface area contributed by atoms with Crippen LogP contribution in [0.3, 0.4) is 0 Å². The Hall–Kier alpha value is -1.87. The van der Waals surface area contributed by atoms with Crippen molar-refractivity contribution >= 4 is 23.2 Å². The lowest BCUT2D eigenvalue weighted by molar-refractivity contribution is -0.124. The molecule has 0 amide bonds. The zero-order chi connectivity index (χ0) is 18.1. The number of hydrogen-bond acceptors (Lipinski definition) is 3. The lowest BCUT2D eigenvalue weighted by atomic mass is 9.86. The van der Waals surface area contributed by atoms with Crippen LogP contribution in [0.25, 0.3) is 0 Å². The Kier molecular flexibility index (Phi) is 5.14.